The van der Waals surface area contributed by atoms with Crippen LogP contribution in [0.15, 0.2) is 44.4 Å². The molecule has 0 radical (unpaired) electrons. The zero-order valence-corrected chi connectivity index (χ0v) is 17.2. The third-order valence-corrected chi connectivity index (χ3v) is 5.64. The first kappa shape index (κ1) is 18.4. The van der Waals surface area contributed by atoms with Gasteiger partial charge >= 0.3 is 0 Å². The molecule has 1 N–H and O–H groups in total. The highest BCUT2D eigenvalue weighted by Crippen LogP contribution is 2.34. The van der Waals surface area contributed by atoms with E-state index in [1.807, 2.05) is 30.3 Å². The zero-order chi connectivity index (χ0) is 17.8. The second kappa shape index (κ2) is 8.32. The smallest absolute Gasteiger partial charge is 0.277 e. The Kier molecular flexibility index (Phi) is 6.12. The van der Waals surface area contributed by atoms with Crippen molar-refractivity contribution >= 4 is 54.3 Å². The molecular weight excluding hydrogens is 448 g/mol. The summed E-state index contributed by atoms with van der Waals surface area (Å²) in [6.45, 7) is 2.16. The Balaban J connectivity index is 1.60. The van der Waals surface area contributed by atoms with Gasteiger partial charge in [0.15, 0.2) is 6.61 Å². The maximum Gasteiger partial charge on any atom is 0.277 e. The maximum atomic E-state index is 12.0. The topological polar surface area (TPSA) is 50.7 Å². The first-order chi connectivity index (χ1) is 12.0. The first-order valence-corrected chi connectivity index (χ1v) is 9.96. The average Bonchev–Trinajstić information content (AvgIpc) is 2.59. The maximum absolute atomic E-state index is 12.0. The number of ether oxygens (including phenoxy) is 1. The summed E-state index contributed by atoms with van der Waals surface area (Å²) >= 11 is 7.03. The van der Waals surface area contributed by atoms with E-state index in [1.165, 1.54) is 6.42 Å². The van der Waals surface area contributed by atoms with E-state index < -0.39 is 0 Å². The normalized spacial score (nSPS) is 19.2. The summed E-state index contributed by atoms with van der Waals surface area (Å²) in [7, 11) is 0. The number of nitrogens with one attached hydrogen (secondary N) is 1. The van der Waals surface area contributed by atoms with E-state index in [0.717, 1.165) is 44.7 Å². The minimum absolute atomic E-state index is 0.0625. The summed E-state index contributed by atoms with van der Waals surface area (Å²) < 4.78 is 7.53. The summed E-state index contributed by atoms with van der Waals surface area (Å²) in [4.78, 5) is 12.0. The van der Waals surface area contributed by atoms with Gasteiger partial charge in [0.05, 0.1) is 4.47 Å². The highest BCUT2D eigenvalue weighted by molar-refractivity contribution is 9.11. The molecule has 0 aromatic heterocycles. The molecule has 1 saturated carbocycles. The number of fused-ring (bicyclic) bond motifs is 1. The van der Waals surface area contributed by atoms with Gasteiger partial charge in [-0.2, -0.15) is 5.10 Å². The predicted molar refractivity (Wildman–Crippen MR) is 108 cm³/mol. The van der Waals surface area contributed by atoms with Gasteiger partial charge in [-0.15, -0.1) is 0 Å². The monoisotopic (exact) mass is 466 g/mol. The van der Waals surface area contributed by atoms with Crippen molar-refractivity contribution in [2.45, 2.75) is 32.6 Å². The standard InChI is InChI=1S/C19H20Br2N2O2/c1-12-3-2-4-15(9-12)22-23-18(24)11-25-17-8-5-13-10-14(20)6-7-16(13)19(17)21/h5-8,10,12H,2-4,9,11H2,1H3,(H,23,24)/b22-15+. The van der Waals surface area contributed by atoms with Crippen LogP contribution < -0.4 is 10.2 Å². The molecule has 0 bridgehead atoms. The van der Waals surface area contributed by atoms with E-state index in [2.05, 4.69) is 49.3 Å². The molecule has 1 atom stereocenters. The molecule has 6 heteroatoms. The van der Waals surface area contributed by atoms with Crippen molar-refractivity contribution in [3.05, 3.63) is 39.3 Å². The van der Waals surface area contributed by atoms with Crippen LogP contribution in [-0.2, 0) is 4.79 Å². The fourth-order valence-electron chi connectivity index (χ4n) is 3.03. The number of hydrogen-bond donors (Lipinski definition) is 1. The number of rotatable bonds is 4. The number of carbonyl (C=O) groups excluding carboxylic acids is 1. The summed E-state index contributed by atoms with van der Waals surface area (Å²) in [5.74, 6) is 1.05. The van der Waals surface area contributed by atoms with Gasteiger partial charge in [-0.1, -0.05) is 35.0 Å². The van der Waals surface area contributed by atoms with Crippen molar-refractivity contribution in [3.8, 4) is 5.75 Å². The molecule has 1 aliphatic rings. The lowest BCUT2D eigenvalue weighted by atomic mass is 9.89. The number of amides is 1. The van der Waals surface area contributed by atoms with Crippen LogP contribution in [0.1, 0.15) is 32.6 Å². The Morgan fingerprint density at radius 3 is 2.96 bits per heavy atom. The van der Waals surface area contributed by atoms with Gasteiger partial charge in [-0.3, -0.25) is 4.79 Å². The zero-order valence-electron chi connectivity index (χ0n) is 14.0. The molecule has 0 saturated heterocycles. The quantitative estimate of drug-likeness (QED) is 0.609. The van der Waals surface area contributed by atoms with Crippen LogP contribution in [-0.4, -0.2) is 18.2 Å². The SMILES string of the molecule is CC1CCC/C(=N\NC(=O)COc2ccc3cc(Br)ccc3c2Br)C1. The highest BCUT2D eigenvalue weighted by Gasteiger charge is 2.14. The Bertz CT molecular complexity index is 820. The van der Waals surface area contributed by atoms with Gasteiger partial charge in [-0.05, 0) is 76.5 Å². The van der Waals surface area contributed by atoms with Crippen molar-refractivity contribution in [2.75, 3.05) is 6.61 Å². The largest absolute Gasteiger partial charge is 0.483 e. The van der Waals surface area contributed by atoms with E-state index in [9.17, 15) is 4.79 Å². The molecule has 1 unspecified atom stereocenters. The van der Waals surface area contributed by atoms with E-state index in [-0.39, 0.29) is 12.5 Å². The molecule has 4 nitrogen and oxygen atoms in total. The molecular formula is C19H20Br2N2O2. The Hall–Kier alpha value is -1.40. The van der Waals surface area contributed by atoms with Crippen molar-refractivity contribution in [2.24, 2.45) is 11.0 Å². The van der Waals surface area contributed by atoms with Gasteiger partial charge in [0, 0.05) is 10.2 Å². The lowest BCUT2D eigenvalue weighted by Crippen LogP contribution is -2.27. The molecule has 132 valence electrons. The number of nitrogens with zero attached hydrogens (tertiary/aromatic N) is 1. The van der Waals surface area contributed by atoms with E-state index in [0.29, 0.717) is 11.7 Å². The Labute approximate surface area is 164 Å². The van der Waals surface area contributed by atoms with Gasteiger partial charge < -0.3 is 4.74 Å². The number of carbonyl (C=O) groups is 1. The molecule has 25 heavy (non-hydrogen) atoms. The van der Waals surface area contributed by atoms with Crippen LogP contribution in [0.2, 0.25) is 0 Å². The van der Waals surface area contributed by atoms with Gasteiger partial charge in [0.2, 0.25) is 0 Å². The molecule has 0 spiro atoms. The lowest BCUT2D eigenvalue weighted by Gasteiger charge is -2.19. The third kappa shape index (κ3) is 4.82. The summed E-state index contributed by atoms with van der Waals surface area (Å²) in [6.07, 6.45) is 4.32. The number of hydrazone groups is 1. The number of benzene rings is 2. The highest BCUT2D eigenvalue weighted by atomic mass is 79.9. The first-order valence-electron chi connectivity index (χ1n) is 8.38. The molecule has 1 aliphatic carbocycles. The van der Waals surface area contributed by atoms with E-state index in [1.54, 1.807) is 0 Å². The summed E-state index contributed by atoms with van der Waals surface area (Å²) in [6, 6.07) is 9.86. The van der Waals surface area contributed by atoms with E-state index >= 15 is 0 Å². The van der Waals surface area contributed by atoms with Crippen molar-refractivity contribution in [1.29, 1.82) is 0 Å². The summed E-state index contributed by atoms with van der Waals surface area (Å²) in [5, 5.41) is 6.38. The van der Waals surface area contributed by atoms with Crippen molar-refractivity contribution in [3.63, 3.8) is 0 Å². The molecule has 2 aromatic carbocycles. The molecule has 0 aliphatic heterocycles. The fraction of sp³-hybridized carbons (Fsp3) is 0.368. The number of hydrogen-bond acceptors (Lipinski definition) is 3. The van der Waals surface area contributed by atoms with Crippen LogP contribution in [0, 0.1) is 5.92 Å². The second-order valence-electron chi connectivity index (χ2n) is 6.45. The molecule has 1 fully saturated rings. The van der Waals surface area contributed by atoms with Crippen LogP contribution in [0.4, 0.5) is 0 Å². The van der Waals surface area contributed by atoms with Crippen LogP contribution >= 0.6 is 31.9 Å². The molecule has 2 aromatic rings. The summed E-state index contributed by atoms with van der Waals surface area (Å²) in [5.41, 5.74) is 3.68. The average molecular weight is 468 g/mol. The fourth-order valence-corrected chi connectivity index (χ4v) is 4.02. The van der Waals surface area contributed by atoms with Gasteiger partial charge in [0.25, 0.3) is 5.91 Å². The molecule has 3 rings (SSSR count). The van der Waals surface area contributed by atoms with Gasteiger partial charge in [0.1, 0.15) is 5.75 Å². The lowest BCUT2D eigenvalue weighted by molar-refractivity contribution is -0.123. The van der Waals surface area contributed by atoms with Crippen molar-refractivity contribution < 1.29 is 9.53 Å². The molecule has 1 amide bonds. The third-order valence-electron chi connectivity index (χ3n) is 4.32. The van der Waals surface area contributed by atoms with Crippen molar-refractivity contribution in [1.82, 2.24) is 5.43 Å². The predicted octanol–water partition coefficient (Wildman–Crippen LogP) is 5.43. The second-order valence-corrected chi connectivity index (χ2v) is 8.16. The van der Waals surface area contributed by atoms with E-state index in [4.69, 9.17) is 4.74 Å². The van der Waals surface area contributed by atoms with Crippen LogP contribution in [0.5, 0.6) is 5.75 Å². The van der Waals surface area contributed by atoms with Gasteiger partial charge in [-0.25, -0.2) is 5.43 Å². The van der Waals surface area contributed by atoms with Crippen LogP contribution in [0.25, 0.3) is 10.8 Å². The van der Waals surface area contributed by atoms with Crippen LogP contribution in [0.3, 0.4) is 0 Å². The number of halogens is 2. The molecule has 0 heterocycles. The Morgan fingerprint density at radius 1 is 1.32 bits per heavy atom. The minimum Gasteiger partial charge on any atom is -0.483 e. The Morgan fingerprint density at radius 2 is 2.16 bits per heavy atom. The minimum atomic E-state index is -0.242.